The zero-order valence-corrected chi connectivity index (χ0v) is 8.38. The van der Waals surface area contributed by atoms with E-state index in [1.54, 1.807) is 0 Å². The molecule has 0 unspecified atom stereocenters. The largest absolute Gasteiger partial charge is 0.478 e. The third-order valence-corrected chi connectivity index (χ3v) is 1.56. The number of hydrogen-bond acceptors (Lipinski definition) is 4. The number of nitrogens with zero attached hydrogens (tertiary/aromatic N) is 1. The van der Waals surface area contributed by atoms with E-state index < -0.39 is 11.9 Å². The Labute approximate surface area is 90.5 Å². The Morgan fingerprint density at radius 1 is 1.38 bits per heavy atom. The van der Waals surface area contributed by atoms with Crippen molar-refractivity contribution >= 4 is 18.3 Å². The molecule has 7 heteroatoms. The molecule has 0 saturated carbocycles. The highest BCUT2D eigenvalue weighted by atomic mass is 16.4. The zero-order chi connectivity index (χ0) is 12.7. The molecule has 0 aliphatic rings. The Morgan fingerprint density at radius 3 is 2.25 bits per heavy atom. The third-order valence-electron chi connectivity index (χ3n) is 1.56. The molecule has 1 aromatic rings. The molecule has 0 spiro atoms. The van der Waals surface area contributed by atoms with Gasteiger partial charge in [0.2, 0.25) is 6.41 Å². The van der Waals surface area contributed by atoms with Crippen molar-refractivity contribution in [3.63, 3.8) is 0 Å². The van der Waals surface area contributed by atoms with Crippen LogP contribution in [-0.2, 0) is 4.79 Å². The highest BCUT2D eigenvalue weighted by molar-refractivity contribution is 5.93. The number of aryl methyl sites for hydroxylation is 1. The van der Waals surface area contributed by atoms with Gasteiger partial charge in [-0.3, -0.25) is 9.78 Å². The first-order valence-corrected chi connectivity index (χ1v) is 4.02. The van der Waals surface area contributed by atoms with Gasteiger partial charge in [0.25, 0.3) is 0 Å². The van der Waals surface area contributed by atoms with E-state index in [0.29, 0.717) is 5.69 Å². The number of hydrogen-bond donors (Lipinski definition) is 3. The van der Waals surface area contributed by atoms with Crippen LogP contribution in [0, 0.1) is 6.92 Å². The second-order valence-electron chi connectivity index (χ2n) is 2.60. The fourth-order valence-electron chi connectivity index (χ4n) is 0.867. The minimum Gasteiger partial charge on any atom is -0.478 e. The van der Waals surface area contributed by atoms with E-state index in [0.717, 1.165) is 12.3 Å². The van der Waals surface area contributed by atoms with Crippen molar-refractivity contribution in [1.29, 1.82) is 0 Å². The Hall–Kier alpha value is -2.44. The van der Waals surface area contributed by atoms with Gasteiger partial charge in [0.1, 0.15) is 0 Å². The van der Waals surface area contributed by atoms with Crippen molar-refractivity contribution in [2.75, 3.05) is 0 Å². The average molecular weight is 226 g/mol. The van der Waals surface area contributed by atoms with Crippen LogP contribution in [0.3, 0.4) is 0 Å². The summed E-state index contributed by atoms with van der Waals surface area (Å²) in [6.07, 6.45) is 1.38. The lowest BCUT2D eigenvalue weighted by Crippen LogP contribution is -2.06. The second kappa shape index (κ2) is 6.12. The second-order valence-corrected chi connectivity index (χ2v) is 2.60. The van der Waals surface area contributed by atoms with Crippen LogP contribution in [0.4, 0.5) is 0 Å². The van der Waals surface area contributed by atoms with Gasteiger partial charge in [-0.15, -0.1) is 0 Å². The fourth-order valence-corrected chi connectivity index (χ4v) is 0.867. The predicted octanol–water partition coefficient (Wildman–Crippen LogP) is -0.112. The third kappa shape index (κ3) is 3.74. The summed E-state index contributed by atoms with van der Waals surface area (Å²) in [5.74, 6) is -2.36. The average Bonchev–Trinajstić information content (AvgIpc) is 2.18. The van der Waals surface area contributed by atoms with Gasteiger partial charge in [0.05, 0.1) is 16.8 Å². The predicted molar refractivity (Wildman–Crippen MR) is 53.1 cm³/mol. The van der Waals surface area contributed by atoms with E-state index in [9.17, 15) is 9.59 Å². The van der Waals surface area contributed by atoms with Gasteiger partial charge >= 0.3 is 11.9 Å². The number of nitrogens with two attached hydrogens (primary N) is 1. The van der Waals surface area contributed by atoms with Gasteiger partial charge in [-0.1, -0.05) is 0 Å². The maximum Gasteiger partial charge on any atom is 0.337 e. The van der Waals surface area contributed by atoms with Crippen LogP contribution in [0.2, 0.25) is 0 Å². The molecule has 7 nitrogen and oxygen atoms in total. The van der Waals surface area contributed by atoms with Crippen LogP contribution in [0.1, 0.15) is 26.4 Å². The van der Waals surface area contributed by atoms with Crippen molar-refractivity contribution < 1.29 is 24.6 Å². The number of primary amides is 1. The lowest BCUT2D eigenvalue weighted by molar-refractivity contribution is -0.106. The molecule has 0 aliphatic heterocycles. The van der Waals surface area contributed by atoms with Crippen molar-refractivity contribution in [2.24, 2.45) is 5.73 Å². The molecule has 1 heterocycles. The van der Waals surface area contributed by atoms with E-state index in [4.69, 9.17) is 15.0 Å². The molecule has 1 aromatic heterocycles. The molecular formula is C9H10N2O5. The van der Waals surface area contributed by atoms with Crippen molar-refractivity contribution in [3.8, 4) is 0 Å². The van der Waals surface area contributed by atoms with Gasteiger partial charge in [0, 0.05) is 6.20 Å². The van der Waals surface area contributed by atoms with Crippen molar-refractivity contribution in [1.82, 2.24) is 4.98 Å². The molecule has 0 aliphatic carbocycles. The summed E-state index contributed by atoms with van der Waals surface area (Å²) in [5.41, 5.74) is 4.26. The maximum absolute atomic E-state index is 10.6. The SMILES string of the molecule is Cc1ncc(C(=O)O)cc1C(=O)O.NC=O. The number of rotatable bonds is 2. The lowest BCUT2D eigenvalue weighted by Gasteiger charge is -2.00. The molecule has 0 saturated heterocycles. The van der Waals surface area contributed by atoms with Crippen LogP contribution < -0.4 is 5.73 Å². The Morgan fingerprint density at radius 2 is 1.88 bits per heavy atom. The van der Waals surface area contributed by atoms with Crippen LogP contribution in [0.25, 0.3) is 0 Å². The molecule has 1 amide bonds. The summed E-state index contributed by atoms with van der Waals surface area (Å²) >= 11 is 0. The van der Waals surface area contributed by atoms with Gasteiger partial charge in [-0.25, -0.2) is 9.59 Å². The topological polar surface area (TPSA) is 131 Å². The Kier molecular flexibility index (Phi) is 5.19. The van der Waals surface area contributed by atoms with Gasteiger partial charge in [-0.2, -0.15) is 0 Å². The molecule has 0 atom stereocenters. The van der Waals surface area contributed by atoms with Crippen molar-refractivity contribution in [3.05, 3.63) is 29.1 Å². The normalized spacial score (nSPS) is 8.56. The first-order chi connectivity index (χ1) is 7.43. The number of pyridine rings is 1. The molecule has 16 heavy (non-hydrogen) atoms. The van der Waals surface area contributed by atoms with E-state index in [2.05, 4.69) is 10.7 Å². The zero-order valence-electron chi connectivity index (χ0n) is 8.38. The quantitative estimate of drug-likeness (QED) is 0.603. The van der Waals surface area contributed by atoms with Gasteiger partial charge in [0.15, 0.2) is 0 Å². The Balaban J connectivity index is 0.000000673. The first-order valence-electron chi connectivity index (χ1n) is 4.02. The Bertz CT molecular complexity index is 416. The monoisotopic (exact) mass is 226 g/mol. The number of amides is 1. The molecule has 0 bridgehead atoms. The minimum atomic E-state index is -1.19. The van der Waals surface area contributed by atoms with Crippen LogP contribution in [0.15, 0.2) is 12.3 Å². The minimum absolute atomic E-state index is 0.0834. The molecule has 0 aromatic carbocycles. The van der Waals surface area contributed by atoms with Crippen molar-refractivity contribution in [2.45, 2.75) is 6.92 Å². The summed E-state index contributed by atoms with van der Waals surface area (Å²) in [6.45, 7) is 1.51. The van der Waals surface area contributed by atoms with Crippen LogP contribution >= 0.6 is 0 Å². The number of carbonyl (C=O) groups is 3. The number of carboxylic acids is 2. The molecule has 0 radical (unpaired) electrons. The van der Waals surface area contributed by atoms with E-state index in [1.165, 1.54) is 6.92 Å². The molecule has 86 valence electrons. The van der Waals surface area contributed by atoms with E-state index in [1.807, 2.05) is 0 Å². The van der Waals surface area contributed by atoms with Crippen LogP contribution in [-0.4, -0.2) is 33.5 Å². The molecule has 4 N–H and O–H groups in total. The first kappa shape index (κ1) is 13.6. The highest BCUT2D eigenvalue weighted by Gasteiger charge is 2.11. The number of carboxylic acid groups (broad SMARTS) is 2. The van der Waals surface area contributed by atoms with Gasteiger partial charge < -0.3 is 15.9 Å². The molecule has 1 rings (SSSR count). The fraction of sp³-hybridized carbons (Fsp3) is 0.111. The standard InChI is InChI=1S/C8H7NO4.CH3NO/c1-4-6(8(12)13)2-5(3-9-4)7(10)11;2-1-3/h2-3H,1H3,(H,10,11)(H,12,13);1H,(H2,2,3). The summed E-state index contributed by atoms with van der Waals surface area (Å²) in [5, 5.41) is 17.2. The maximum atomic E-state index is 10.6. The van der Waals surface area contributed by atoms with Crippen LogP contribution in [0.5, 0.6) is 0 Å². The van der Waals surface area contributed by atoms with Gasteiger partial charge in [-0.05, 0) is 13.0 Å². The highest BCUT2D eigenvalue weighted by Crippen LogP contribution is 2.07. The lowest BCUT2D eigenvalue weighted by atomic mass is 10.1. The smallest absolute Gasteiger partial charge is 0.337 e. The summed E-state index contributed by atoms with van der Waals surface area (Å²) in [6, 6.07) is 1.09. The number of carbonyl (C=O) groups excluding carboxylic acids is 1. The summed E-state index contributed by atoms with van der Waals surface area (Å²) < 4.78 is 0. The van der Waals surface area contributed by atoms with E-state index in [-0.39, 0.29) is 17.5 Å². The number of aromatic nitrogens is 1. The molecular weight excluding hydrogens is 216 g/mol. The summed E-state index contributed by atoms with van der Waals surface area (Å²) in [7, 11) is 0. The van der Waals surface area contributed by atoms with E-state index >= 15 is 0 Å². The summed E-state index contributed by atoms with van der Waals surface area (Å²) in [4.78, 5) is 33.3. The molecule has 0 fully saturated rings. The number of aromatic carboxylic acids is 2.